The number of aliphatic hydroxyl groups excluding tert-OH is 1. The zero-order valence-electron chi connectivity index (χ0n) is 15.5. The van der Waals surface area contributed by atoms with Gasteiger partial charge in [0.2, 0.25) is 0 Å². The Balaban J connectivity index is 0.00000364. The molecule has 28 heavy (non-hydrogen) atoms. The van der Waals surface area contributed by atoms with Crippen LogP contribution in [-0.4, -0.2) is 38.5 Å². The largest absolute Gasteiger partial charge is 0.493 e. The Morgan fingerprint density at radius 1 is 1.07 bits per heavy atom. The van der Waals surface area contributed by atoms with Crippen LogP contribution in [0.1, 0.15) is 11.1 Å². The second-order valence-electron chi connectivity index (χ2n) is 5.64. The van der Waals surface area contributed by atoms with Crippen molar-refractivity contribution in [2.45, 2.75) is 13.2 Å². The predicted molar refractivity (Wildman–Crippen MR) is 115 cm³/mol. The van der Waals surface area contributed by atoms with Crippen molar-refractivity contribution in [1.29, 1.82) is 0 Å². The second-order valence-corrected chi connectivity index (χ2v) is 6.05. The van der Waals surface area contributed by atoms with Crippen LogP contribution in [0.25, 0.3) is 0 Å². The minimum atomic E-state index is -0.321. The summed E-state index contributed by atoms with van der Waals surface area (Å²) in [6.07, 6.45) is 0. The number of halogens is 4. The minimum Gasteiger partial charge on any atom is -0.493 e. The van der Waals surface area contributed by atoms with E-state index in [1.807, 2.05) is 6.07 Å². The van der Waals surface area contributed by atoms with Gasteiger partial charge in [0, 0.05) is 31.7 Å². The molecule has 0 aliphatic carbocycles. The van der Waals surface area contributed by atoms with Crippen molar-refractivity contribution in [1.82, 2.24) is 10.6 Å². The van der Waals surface area contributed by atoms with Crippen LogP contribution in [0.3, 0.4) is 0 Å². The number of rotatable bonds is 11. The lowest BCUT2D eigenvalue weighted by atomic mass is 10.2. The third-order valence-corrected chi connectivity index (χ3v) is 4.00. The Bertz CT molecular complexity index is 708. The highest BCUT2D eigenvalue weighted by Gasteiger charge is 2.13. The smallest absolute Gasteiger partial charge is 0.180 e. The van der Waals surface area contributed by atoms with E-state index in [1.54, 1.807) is 24.3 Å². The van der Waals surface area contributed by atoms with Crippen LogP contribution < -0.4 is 20.1 Å². The molecule has 0 saturated carbocycles. The SMILES string of the molecule is COc1cc(CNCCNCCO)cc(Cl)c1OCc1ccccc1F.Cl.Cl. The lowest BCUT2D eigenvalue weighted by Crippen LogP contribution is -2.28. The van der Waals surface area contributed by atoms with Gasteiger partial charge in [0.25, 0.3) is 0 Å². The van der Waals surface area contributed by atoms with E-state index in [-0.39, 0.29) is 43.8 Å². The van der Waals surface area contributed by atoms with Gasteiger partial charge in [0.05, 0.1) is 18.7 Å². The van der Waals surface area contributed by atoms with Crippen LogP contribution in [0.5, 0.6) is 11.5 Å². The van der Waals surface area contributed by atoms with Crippen molar-refractivity contribution in [2.24, 2.45) is 0 Å². The van der Waals surface area contributed by atoms with E-state index in [1.165, 1.54) is 13.2 Å². The number of hydrogen-bond acceptors (Lipinski definition) is 5. The highest BCUT2D eigenvalue weighted by atomic mass is 35.5. The second kappa shape index (κ2) is 14.7. The summed E-state index contributed by atoms with van der Waals surface area (Å²) in [5.74, 6) is 0.577. The summed E-state index contributed by atoms with van der Waals surface area (Å²) in [5, 5.41) is 15.5. The van der Waals surface area contributed by atoms with Crippen molar-refractivity contribution >= 4 is 36.4 Å². The van der Waals surface area contributed by atoms with E-state index in [9.17, 15) is 4.39 Å². The molecule has 0 saturated heterocycles. The molecule has 0 spiro atoms. The van der Waals surface area contributed by atoms with Gasteiger partial charge >= 0.3 is 0 Å². The molecule has 0 radical (unpaired) electrons. The molecule has 0 amide bonds. The van der Waals surface area contributed by atoms with Crippen LogP contribution >= 0.6 is 36.4 Å². The molecule has 0 aliphatic rings. The van der Waals surface area contributed by atoms with Gasteiger partial charge in [0.15, 0.2) is 11.5 Å². The van der Waals surface area contributed by atoms with Gasteiger partial charge in [-0.2, -0.15) is 0 Å². The maximum atomic E-state index is 13.7. The Morgan fingerprint density at radius 2 is 1.79 bits per heavy atom. The summed E-state index contributed by atoms with van der Waals surface area (Å²) in [7, 11) is 1.54. The molecule has 2 aromatic carbocycles. The first-order chi connectivity index (χ1) is 12.7. The zero-order chi connectivity index (χ0) is 18.8. The standard InChI is InChI=1S/C19H24ClFN2O3.2ClH/c1-25-18-11-14(12-23-7-6-22-8-9-24)10-16(20)19(18)26-13-15-4-2-3-5-17(15)21;;/h2-5,10-11,22-24H,6-9,12-13H2,1H3;2*1H. The van der Waals surface area contributed by atoms with Crippen LogP contribution in [0.4, 0.5) is 4.39 Å². The summed E-state index contributed by atoms with van der Waals surface area (Å²) < 4.78 is 24.8. The molecule has 0 aliphatic heterocycles. The van der Waals surface area contributed by atoms with Crippen LogP contribution in [0.2, 0.25) is 5.02 Å². The number of ether oxygens (including phenoxy) is 2. The number of nitrogens with one attached hydrogen (secondary N) is 2. The van der Waals surface area contributed by atoms with Gasteiger partial charge in [-0.15, -0.1) is 24.8 Å². The monoisotopic (exact) mass is 454 g/mol. The number of methoxy groups -OCH3 is 1. The Morgan fingerprint density at radius 3 is 2.46 bits per heavy atom. The highest BCUT2D eigenvalue weighted by molar-refractivity contribution is 6.32. The van der Waals surface area contributed by atoms with E-state index < -0.39 is 0 Å². The van der Waals surface area contributed by atoms with Crippen molar-refractivity contribution in [3.8, 4) is 11.5 Å². The Hall–Kier alpha value is -1.28. The topological polar surface area (TPSA) is 62.8 Å². The predicted octanol–water partition coefficient (Wildman–Crippen LogP) is 3.58. The number of aliphatic hydroxyl groups is 1. The van der Waals surface area contributed by atoms with Crippen molar-refractivity contribution in [3.63, 3.8) is 0 Å². The van der Waals surface area contributed by atoms with E-state index in [2.05, 4.69) is 10.6 Å². The van der Waals surface area contributed by atoms with Gasteiger partial charge in [-0.3, -0.25) is 0 Å². The van der Waals surface area contributed by atoms with E-state index in [4.69, 9.17) is 26.2 Å². The quantitative estimate of drug-likeness (QED) is 0.452. The van der Waals surface area contributed by atoms with Crippen molar-refractivity contribution in [2.75, 3.05) is 33.4 Å². The Kier molecular flexibility index (Phi) is 14.0. The van der Waals surface area contributed by atoms with Gasteiger partial charge in [-0.1, -0.05) is 29.8 Å². The average Bonchev–Trinajstić information content (AvgIpc) is 2.64. The summed E-state index contributed by atoms with van der Waals surface area (Å²) in [6.45, 7) is 2.90. The molecular formula is C19H26Cl3FN2O3. The minimum absolute atomic E-state index is 0. The van der Waals surface area contributed by atoms with Gasteiger partial charge < -0.3 is 25.2 Å². The maximum absolute atomic E-state index is 13.7. The number of benzene rings is 2. The molecule has 0 bridgehead atoms. The first-order valence-corrected chi connectivity index (χ1v) is 8.78. The van der Waals surface area contributed by atoms with E-state index in [0.29, 0.717) is 35.2 Å². The highest BCUT2D eigenvalue weighted by Crippen LogP contribution is 2.37. The lowest BCUT2D eigenvalue weighted by molar-refractivity contribution is 0.279. The molecule has 158 valence electrons. The molecule has 3 N–H and O–H groups in total. The van der Waals surface area contributed by atoms with Crippen LogP contribution in [0, 0.1) is 5.82 Å². The maximum Gasteiger partial charge on any atom is 0.180 e. The third kappa shape index (κ3) is 8.39. The lowest BCUT2D eigenvalue weighted by Gasteiger charge is -2.15. The molecule has 0 unspecified atom stereocenters. The van der Waals surface area contributed by atoms with Gasteiger partial charge in [-0.05, 0) is 23.8 Å². The van der Waals surface area contributed by atoms with Gasteiger partial charge in [-0.25, -0.2) is 4.39 Å². The average molecular weight is 456 g/mol. The van der Waals surface area contributed by atoms with E-state index in [0.717, 1.165) is 18.7 Å². The zero-order valence-corrected chi connectivity index (χ0v) is 17.9. The first kappa shape index (κ1) is 26.7. The Labute approximate surface area is 182 Å². The first-order valence-electron chi connectivity index (χ1n) is 8.40. The molecule has 0 heterocycles. The summed E-state index contributed by atoms with van der Waals surface area (Å²) >= 11 is 6.33. The van der Waals surface area contributed by atoms with Crippen molar-refractivity contribution in [3.05, 3.63) is 58.4 Å². The van der Waals surface area contributed by atoms with Crippen molar-refractivity contribution < 1.29 is 19.0 Å². The summed E-state index contributed by atoms with van der Waals surface area (Å²) in [4.78, 5) is 0. The molecule has 9 heteroatoms. The molecule has 0 atom stereocenters. The van der Waals surface area contributed by atoms with E-state index >= 15 is 0 Å². The molecule has 2 aromatic rings. The van der Waals surface area contributed by atoms with Crippen LogP contribution in [-0.2, 0) is 13.2 Å². The fraction of sp³-hybridized carbons (Fsp3) is 0.368. The molecule has 0 aromatic heterocycles. The van der Waals surface area contributed by atoms with Gasteiger partial charge in [0.1, 0.15) is 12.4 Å². The number of hydrogen-bond donors (Lipinski definition) is 3. The molecule has 5 nitrogen and oxygen atoms in total. The normalized spacial score (nSPS) is 10.0. The third-order valence-electron chi connectivity index (χ3n) is 3.72. The molecule has 0 fully saturated rings. The fourth-order valence-electron chi connectivity index (χ4n) is 2.39. The summed E-state index contributed by atoms with van der Waals surface area (Å²) in [5.41, 5.74) is 1.40. The molecular weight excluding hydrogens is 430 g/mol. The van der Waals surface area contributed by atoms with Crippen LogP contribution in [0.15, 0.2) is 36.4 Å². The summed E-state index contributed by atoms with van der Waals surface area (Å²) in [6, 6.07) is 10.1. The fourth-order valence-corrected chi connectivity index (χ4v) is 2.68. The molecule has 2 rings (SSSR count).